The van der Waals surface area contributed by atoms with E-state index in [1.165, 1.54) is 0 Å². The number of aliphatic hydroxyl groups excluding tert-OH is 8. The SMILES string of the molecule is Cl.OC[C@H]1O[C@@](CO)(O[C@H]2O[C@H](CO)[C@@H](O)[C@H](O)[C@H]2O)[C@@H](O)[C@@H]1O. The monoisotopic (exact) mass is 378 g/mol. The maximum atomic E-state index is 10.00. The van der Waals surface area contributed by atoms with Crippen molar-refractivity contribution in [2.24, 2.45) is 0 Å². The molecule has 2 rings (SSSR count). The highest BCUT2D eigenvalue weighted by molar-refractivity contribution is 5.85. The van der Waals surface area contributed by atoms with Crippen LogP contribution >= 0.6 is 12.4 Å². The lowest BCUT2D eigenvalue weighted by molar-refractivity contribution is -0.383. The van der Waals surface area contributed by atoms with Crippen LogP contribution in [-0.2, 0) is 14.2 Å². The van der Waals surface area contributed by atoms with Gasteiger partial charge in [-0.3, -0.25) is 0 Å². The van der Waals surface area contributed by atoms with Gasteiger partial charge in [-0.2, -0.15) is 0 Å². The summed E-state index contributed by atoms with van der Waals surface area (Å²) in [5.74, 6) is -2.22. The third-order valence-electron chi connectivity index (χ3n) is 4.07. The van der Waals surface area contributed by atoms with Gasteiger partial charge in [0.25, 0.3) is 0 Å². The van der Waals surface area contributed by atoms with E-state index in [1.54, 1.807) is 0 Å². The molecule has 9 atom stereocenters. The van der Waals surface area contributed by atoms with Gasteiger partial charge in [-0.05, 0) is 0 Å². The first-order chi connectivity index (χ1) is 10.8. The van der Waals surface area contributed by atoms with E-state index < -0.39 is 74.6 Å². The van der Waals surface area contributed by atoms with Crippen LogP contribution in [-0.4, -0.2) is 115 Å². The summed E-state index contributed by atoms with van der Waals surface area (Å²) in [6, 6.07) is 0. The molecule has 2 aliphatic rings. The van der Waals surface area contributed by atoms with Crippen molar-refractivity contribution in [3.63, 3.8) is 0 Å². The zero-order chi connectivity index (χ0) is 17.4. The minimum Gasteiger partial charge on any atom is -0.394 e. The lowest BCUT2D eigenvalue weighted by Crippen LogP contribution is -2.62. The van der Waals surface area contributed by atoms with E-state index in [0.29, 0.717) is 0 Å². The maximum absolute atomic E-state index is 10.00. The summed E-state index contributed by atoms with van der Waals surface area (Å²) in [6.45, 7) is -2.32. The molecule has 0 unspecified atom stereocenters. The van der Waals surface area contributed by atoms with Crippen LogP contribution in [0, 0.1) is 0 Å². The van der Waals surface area contributed by atoms with Crippen LogP contribution in [0.5, 0.6) is 0 Å². The van der Waals surface area contributed by atoms with E-state index in [2.05, 4.69) is 0 Å². The van der Waals surface area contributed by atoms with Crippen molar-refractivity contribution >= 4 is 12.4 Å². The average Bonchev–Trinajstić information content (AvgIpc) is 2.80. The Labute approximate surface area is 143 Å². The van der Waals surface area contributed by atoms with Crippen LogP contribution in [0.4, 0.5) is 0 Å². The number of ether oxygens (including phenoxy) is 3. The Morgan fingerprint density at radius 3 is 1.83 bits per heavy atom. The van der Waals surface area contributed by atoms with E-state index in [-0.39, 0.29) is 12.4 Å². The molecule has 0 radical (unpaired) electrons. The predicted octanol–water partition coefficient (Wildman–Crippen LogP) is -4.97. The lowest BCUT2D eigenvalue weighted by Gasteiger charge is -2.43. The van der Waals surface area contributed by atoms with Gasteiger partial charge in [-0.25, -0.2) is 0 Å². The van der Waals surface area contributed by atoms with Crippen LogP contribution in [0.25, 0.3) is 0 Å². The molecule has 0 amide bonds. The van der Waals surface area contributed by atoms with Crippen molar-refractivity contribution in [1.29, 1.82) is 0 Å². The Kier molecular flexibility index (Phi) is 7.74. The normalized spacial score (nSPS) is 49.0. The number of hydrogen-bond donors (Lipinski definition) is 8. The Balaban J connectivity index is 0.00000288. The van der Waals surface area contributed by atoms with Crippen molar-refractivity contribution in [3.05, 3.63) is 0 Å². The van der Waals surface area contributed by atoms with Gasteiger partial charge in [0, 0.05) is 0 Å². The maximum Gasteiger partial charge on any atom is 0.224 e. The van der Waals surface area contributed by atoms with Gasteiger partial charge in [0.1, 0.15) is 49.3 Å². The van der Waals surface area contributed by atoms with Gasteiger partial charge >= 0.3 is 0 Å². The summed E-state index contributed by atoms with van der Waals surface area (Å²) >= 11 is 0. The average molecular weight is 379 g/mol. The third-order valence-corrected chi connectivity index (χ3v) is 4.07. The van der Waals surface area contributed by atoms with Crippen LogP contribution in [0.2, 0.25) is 0 Å². The fourth-order valence-corrected chi connectivity index (χ4v) is 2.63. The molecule has 8 N–H and O–H groups in total. The van der Waals surface area contributed by atoms with Gasteiger partial charge < -0.3 is 55.1 Å². The molecule has 11 nitrogen and oxygen atoms in total. The second-order valence-electron chi connectivity index (χ2n) is 5.56. The lowest BCUT2D eigenvalue weighted by atomic mass is 9.99. The van der Waals surface area contributed by atoms with Crippen molar-refractivity contribution in [3.8, 4) is 0 Å². The van der Waals surface area contributed by atoms with Gasteiger partial charge in [-0.1, -0.05) is 0 Å². The molecule has 144 valence electrons. The van der Waals surface area contributed by atoms with Crippen molar-refractivity contribution < 1.29 is 55.1 Å². The Hall–Kier alpha value is -0.150. The molecule has 12 heteroatoms. The fourth-order valence-electron chi connectivity index (χ4n) is 2.63. The minimum atomic E-state index is -2.22. The summed E-state index contributed by atoms with van der Waals surface area (Å²) < 4.78 is 15.4. The molecule has 0 bridgehead atoms. The molecule has 2 saturated heterocycles. The first kappa shape index (κ1) is 21.9. The van der Waals surface area contributed by atoms with Crippen molar-refractivity contribution in [2.75, 3.05) is 19.8 Å². The summed E-state index contributed by atoms with van der Waals surface area (Å²) in [7, 11) is 0. The van der Waals surface area contributed by atoms with E-state index >= 15 is 0 Å². The molecule has 24 heavy (non-hydrogen) atoms. The Morgan fingerprint density at radius 2 is 1.38 bits per heavy atom. The molecule has 0 aliphatic carbocycles. The second kappa shape index (κ2) is 8.49. The number of rotatable bonds is 5. The zero-order valence-corrected chi connectivity index (χ0v) is 13.3. The molecule has 0 spiro atoms. The molecule has 2 heterocycles. The molecule has 0 aromatic heterocycles. The van der Waals surface area contributed by atoms with E-state index in [1.807, 2.05) is 0 Å². The van der Waals surface area contributed by atoms with Crippen LogP contribution < -0.4 is 0 Å². The van der Waals surface area contributed by atoms with Crippen LogP contribution in [0.15, 0.2) is 0 Å². The van der Waals surface area contributed by atoms with E-state index in [4.69, 9.17) is 24.4 Å². The third kappa shape index (κ3) is 3.67. The quantitative estimate of drug-likeness (QED) is 0.228. The number of aliphatic hydroxyl groups is 8. The molecule has 0 aromatic carbocycles. The smallest absolute Gasteiger partial charge is 0.224 e. The summed E-state index contributed by atoms with van der Waals surface area (Å²) in [4.78, 5) is 0. The molecule has 0 saturated carbocycles. The first-order valence-electron chi connectivity index (χ1n) is 7.05. The van der Waals surface area contributed by atoms with Crippen LogP contribution in [0.3, 0.4) is 0 Å². The molecule has 0 aromatic rings. The highest BCUT2D eigenvalue weighted by Gasteiger charge is 2.58. The Morgan fingerprint density at radius 1 is 0.792 bits per heavy atom. The molecule has 2 fully saturated rings. The van der Waals surface area contributed by atoms with Gasteiger partial charge in [0.2, 0.25) is 5.79 Å². The highest BCUT2D eigenvalue weighted by Crippen LogP contribution is 2.35. The van der Waals surface area contributed by atoms with E-state index in [9.17, 15) is 30.6 Å². The van der Waals surface area contributed by atoms with Gasteiger partial charge in [-0.15, -0.1) is 12.4 Å². The standard InChI is InChI=1S/C12H22O11.ClH/c13-1-4-6(16)8(18)9(19)11(21-4)23-12(3-15)10(20)7(17)5(2-14)22-12;/h4-11,13-20H,1-3H2;1H/t4-,5-,6-,7-,8+,9-,10+,11-,12+;/m1./s1. The minimum absolute atomic E-state index is 0. The molecular weight excluding hydrogens is 356 g/mol. The summed E-state index contributed by atoms with van der Waals surface area (Å²) in [6.07, 6.45) is -12.7. The van der Waals surface area contributed by atoms with Gasteiger partial charge in [0.15, 0.2) is 6.29 Å². The topological polar surface area (TPSA) is 190 Å². The van der Waals surface area contributed by atoms with Gasteiger partial charge in [0.05, 0.1) is 13.2 Å². The summed E-state index contributed by atoms with van der Waals surface area (Å²) in [5, 5.41) is 76.7. The fraction of sp³-hybridized carbons (Fsp3) is 1.00. The van der Waals surface area contributed by atoms with E-state index in [0.717, 1.165) is 0 Å². The molecular formula is C12H23ClO11. The van der Waals surface area contributed by atoms with Crippen molar-refractivity contribution in [1.82, 2.24) is 0 Å². The number of halogens is 1. The Bertz CT molecular complexity index is 399. The highest BCUT2D eigenvalue weighted by atomic mass is 35.5. The number of hydrogen-bond acceptors (Lipinski definition) is 11. The largest absolute Gasteiger partial charge is 0.394 e. The zero-order valence-electron chi connectivity index (χ0n) is 12.5. The molecule has 2 aliphatic heterocycles. The first-order valence-corrected chi connectivity index (χ1v) is 7.05. The summed E-state index contributed by atoms with van der Waals surface area (Å²) in [5.41, 5.74) is 0. The predicted molar refractivity (Wildman–Crippen MR) is 75.9 cm³/mol. The second-order valence-corrected chi connectivity index (χ2v) is 5.56. The van der Waals surface area contributed by atoms with Crippen LogP contribution in [0.1, 0.15) is 0 Å². The van der Waals surface area contributed by atoms with Crippen molar-refractivity contribution in [2.45, 2.75) is 54.8 Å².